The molecule has 0 saturated carbocycles. The molecule has 0 heterocycles. The highest BCUT2D eigenvalue weighted by atomic mass is 35.5. The summed E-state index contributed by atoms with van der Waals surface area (Å²) in [6, 6.07) is 4.54. The Bertz CT molecular complexity index is 456. The molecule has 0 aliphatic rings. The summed E-state index contributed by atoms with van der Waals surface area (Å²) in [6.45, 7) is 2.85. The normalized spacial score (nSPS) is 11.7. The Morgan fingerprint density at radius 3 is 2.41 bits per heavy atom. The first-order valence-corrected chi connectivity index (χ1v) is 7.24. The summed E-state index contributed by atoms with van der Waals surface area (Å²) in [4.78, 5) is -0.0974. The Morgan fingerprint density at radius 1 is 1.29 bits per heavy atom. The van der Waals surface area contributed by atoms with Crippen LogP contribution in [0.3, 0.4) is 0 Å². The molecular weight excluding hydrogens is 285 g/mol. The average molecular weight is 298 g/mol. The fourth-order valence-corrected chi connectivity index (χ4v) is 3.36. The first-order chi connectivity index (χ1) is 7.99. The summed E-state index contributed by atoms with van der Waals surface area (Å²) in [5.74, 6) is 0. The van der Waals surface area contributed by atoms with Crippen molar-refractivity contribution in [2.75, 3.05) is 19.8 Å². The number of halogens is 2. The highest BCUT2D eigenvalue weighted by Crippen LogP contribution is 2.28. The molecule has 0 aliphatic carbocycles. The molecule has 1 rings (SSSR count). The molecule has 0 radical (unpaired) electrons. The smallest absolute Gasteiger partial charge is 0.243 e. The Morgan fingerprint density at radius 2 is 1.88 bits per heavy atom. The van der Waals surface area contributed by atoms with E-state index >= 15 is 0 Å². The van der Waals surface area contributed by atoms with Crippen molar-refractivity contribution in [1.82, 2.24) is 4.72 Å². The van der Waals surface area contributed by atoms with E-state index in [0.29, 0.717) is 13.2 Å². The first-order valence-electron chi connectivity index (χ1n) is 5.00. The third-order valence-electron chi connectivity index (χ3n) is 1.93. The first kappa shape index (κ1) is 14.7. The number of rotatable bonds is 6. The molecule has 1 aromatic rings. The lowest BCUT2D eigenvalue weighted by Gasteiger charge is -2.09. The second-order valence-electron chi connectivity index (χ2n) is 3.15. The summed E-state index contributed by atoms with van der Waals surface area (Å²) in [7, 11) is -3.70. The second kappa shape index (κ2) is 6.56. The number of ether oxygens (including phenoxy) is 1. The van der Waals surface area contributed by atoms with Gasteiger partial charge in [0.2, 0.25) is 10.0 Å². The minimum absolute atomic E-state index is 0.0974. The Balaban J connectivity index is 2.83. The van der Waals surface area contributed by atoms with E-state index in [1.807, 2.05) is 6.92 Å². The van der Waals surface area contributed by atoms with Gasteiger partial charge in [0.05, 0.1) is 16.7 Å². The molecule has 0 unspecified atom stereocenters. The number of sulfonamides is 1. The number of hydrogen-bond acceptors (Lipinski definition) is 3. The minimum Gasteiger partial charge on any atom is -0.380 e. The van der Waals surface area contributed by atoms with Gasteiger partial charge in [0.15, 0.2) is 0 Å². The Kier molecular flexibility index (Phi) is 5.69. The topological polar surface area (TPSA) is 55.4 Å². The fraction of sp³-hybridized carbons (Fsp3) is 0.400. The van der Waals surface area contributed by atoms with Crippen LogP contribution in [0, 0.1) is 0 Å². The summed E-state index contributed by atoms with van der Waals surface area (Å²) >= 11 is 11.6. The molecule has 1 N–H and O–H groups in total. The number of nitrogens with one attached hydrogen (secondary N) is 1. The van der Waals surface area contributed by atoms with E-state index in [9.17, 15) is 8.42 Å². The molecule has 0 fully saturated rings. The largest absolute Gasteiger partial charge is 0.380 e. The zero-order chi connectivity index (χ0) is 12.9. The van der Waals surface area contributed by atoms with Gasteiger partial charge in [-0.15, -0.1) is 0 Å². The molecule has 17 heavy (non-hydrogen) atoms. The maximum atomic E-state index is 11.9. The highest BCUT2D eigenvalue weighted by molar-refractivity contribution is 7.89. The van der Waals surface area contributed by atoms with Crippen molar-refractivity contribution >= 4 is 33.2 Å². The van der Waals surface area contributed by atoms with Gasteiger partial charge < -0.3 is 4.74 Å². The molecule has 0 atom stereocenters. The van der Waals surface area contributed by atoms with E-state index in [1.165, 1.54) is 12.1 Å². The molecule has 96 valence electrons. The van der Waals surface area contributed by atoms with Crippen LogP contribution < -0.4 is 4.72 Å². The zero-order valence-electron chi connectivity index (χ0n) is 9.24. The van der Waals surface area contributed by atoms with Crippen molar-refractivity contribution in [1.29, 1.82) is 0 Å². The molecule has 0 aromatic heterocycles. The van der Waals surface area contributed by atoms with Crippen molar-refractivity contribution in [3.63, 3.8) is 0 Å². The van der Waals surface area contributed by atoms with Crippen molar-refractivity contribution < 1.29 is 13.2 Å². The van der Waals surface area contributed by atoms with Crippen molar-refractivity contribution in [3.05, 3.63) is 28.2 Å². The van der Waals surface area contributed by atoms with Gasteiger partial charge in [-0.25, -0.2) is 13.1 Å². The van der Waals surface area contributed by atoms with E-state index in [-0.39, 0.29) is 21.5 Å². The van der Waals surface area contributed by atoms with Crippen LogP contribution in [0.2, 0.25) is 10.0 Å². The molecule has 0 spiro atoms. The van der Waals surface area contributed by atoms with Crippen molar-refractivity contribution in [3.8, 4) is 0 Å². The van der Waals surface area contributed by atoms with Crippen LogP contribution in [0.1, 0.15) is 6.92 Å². The summed E-state index contributed by atoms with van der Waals surface area (Å²) in [5, 5.41) is 0.197. The Hall–Kier alpha value is -0.330. The zero-order valence-corrected chi connectivity index (χ0v) is 11.6. The van der Waals surface area contributed by atoms with Crippen LogP contribution in [0.4, 0.5) is 0 Å². The van der Waals surface area contributed by atoms with Crippen LogP contribution in [0.15, 0.2) is 23.1 Å². The average Bonchev–Trinajstić information content (AvgIpc) is 2.24. The molecule has 4 nitrogen and oxygen atoms in total. The van der Waals surface area contributed by atoms with E-state index < -0.39 is 10.0 Å². The van der Waals surface area contributed by atoms with Gasteiger partial charge >= 0.3 is 0 Å². The van der Waals surface area contributed by atoms with Gasteiger partial charge in [0.25, 0.3) is 0 Å². The SMILES string of the molecule is CCOCCNS(=O)(=O)c1c(Cl)cccc1Cl. The van der Waals surface area contributed by atoms with Crippen LogP contribution >= 0.6 is 23.2 Å². The minimum atomic E-state index is -3.70. The predicted octanol–water partition coefficient (Wildman–Crippen LogP) is 2.31. The van der Waals surface area contributed by atoms with Crippen molar-refractivity contribution in [2.45, 2.75) is 11.8 Å². The molecule has 0 bridgehead atoms. The van der Waals surface area contributed by atoms with Crippen LogP contribution in [-0.4, -0.2) is 28.2 Å². The molecule has 7 heteroatoms. The molecule has 0 amide bonds. The predicted molar refractivity (Wildman–Crippen MR) is 68.1 cm³/mol. The van der Waals surface area contributed by atoms with E-state index in [0.717, 1.165) is 0 Å². The van der Waals surface area contributed by atoms with Gasteiger partial charge in [0.1, 0.15) is 4.90 Å². The molecule has 0 saturated heterocycles. The monoisotopic (exact) mass is 297 g/mol. The summed E-state index contributed by atoms with van der Waals surface area (Å²) < 4.78 is 31.2. The maximum Gasteiger partial charge on any atom is 0.243 e. The number of benzene rings is 1. The van der Waals surface area contributed by atoms with Gasteiger partial charge in [-0.2, -0.15) is 0 Å². The van der Waals surface area contributed by atoms with E-state index in [4.69, 9.17) is 27.9 Å². The van der Waals surface area contributed by atoms with Gasteiger partial charge in [-0.1, -0.05) is 29.3 Å². The van der Waals surface area contributed by atoms with Crippen LogP contribution in [-0.2, 0) is 14.8 Å². The third-order valence-corrected chi connectivity index (χ3v) is 4.35. The van der Waals surface area contributed by atoms with Gasteiger partial charge in [-0.05, 0) is 19.1 Å². The molecule has 1 aromatic carbocycles. The summed E-state index contributed by atoms with van der Waals surface area (Å²) in [5.41, 5.74) is 0. The quantitative estimate of drug-likeness (QED) is 0.820. The lowest BCUT2D eigenvalue weighted by molar-refractivity contribution is 0.153. The molecule has 0 aliphatic heterocycles. The van der Waals surface area contributed by atoms with Gasteiger partial charge in [0, 0.05) is 13.2 Å². The van der Waals surface area contributed by atoms with Crippen LogP contribution in [0.5, 0.6) is 0 Å². The third kappa shape index (κ3) is 4.12. The lowest BCUT2D eigenvalue weighted by Crippen LogP contribution is -2.28. The molecular formula is C10H13Cl2NO3S. The summed E-state index contributed by atoms with van der Waals surface area (Å²) in [6.07, 6.45) is 0. The Labute approximate surface area is 111 Å². The van der Waals surface area contributed by atoms with Gasteiger partial charge in [-0.3, -0.25) is 0 Å². The van der Waals surface area contributed by atoms with E-state index in [2.05, 4.69) is 4.72 Å². The van der Waals surface area contributed by atoms with Crippen molar-refractivity contribution in [2.24, 2.45) is 0 Å². The standard InChI is InChI=1S/C10H13Cl2NO3S/c1-2-16-7-6-13-17(14,15)10-8(11)4-3-5-9(10)12/h3-5,13H,2,6-7H2,1H3. The maximum absolute atomic E-state index is 11.9. The van der Waals surface area contributed by atoms with E-state index in [1.54, 1.807) is 6.07 Å². The lowest BCUT2D eigenvalue weighted by atomic mass is 10.4. The highest BCUT2D eigenvalue weighted by Gasteiger charge is 2.20. The second-order valence-corrected chi connectivity index (χ2v) is 5.66. The number of hydrogen-bond donors (Lipinski definition) is 1. The fourth-order valence-electron chi connectivity index (χ4n) is 1.20. The van der Waals surface area contributed by atoms with Crippen LogP contribution in [0.25, 0.3) is 0 Å².